The molecule has 0 fully saturated rings. The summed E-state index contributed by atoms with van der Waals surface area (Å²) in [5.74, 6) is -5.30. The van der Waals surface area contributed by atoms with Crippen LogP contribution in [0.15, 0.2) is 12.1 Å². The van der Waals surface area contributed by atoms with Crippen LogP contribution in [0, 0.1) is 17.5 Å². The Balaban J connectivity index is 2.28. The van der Waals surface area contributed by atoms with Gasteiger partial charge in [-0.2, -0.15) is 5.10 Å². The molecule has 2 aromatic rings. The molecule has 1 amide bonds. The molecule has 8 heteroatoms. The molecular weight excluding hydrogens is 273 g/mol. The van der Waals surface area contributed by atoms with Gasteiger partial charge in [-0.1, -0.05) is 6.92 Å². The first kappa shape index (κ1) is 13.9. The molecule has 4 N–H and O–H groups in total. The summed E-state index contributed by atoms with van der Waals surface area (Å²) >= 11 is 0. The van der Waals surface area contributed by atoms with Crippen LogP contribution in [0.4, 0.5) is 24.5 Å². The number of anilines is 2. The van der Waals surface area contributed by atoms with E-state index in [1.807, 2.05) is 0 Å². The van der Waals surface area contributed by atoms with Crippen molar-refractivity contribution in [2.75, 3.05) is 11.1 Å². The topological polar surface area (TPSA) is 83.8 Å². The molecule has 0 radical (unpaired) electrons. The van der Waals surface area contributed by atoms with Crippen LogP contribution < -0.4 is 11.1 Å². The predicted molar refractivity (Wildman–Crippen MR) is 66.6 cm³/mol. The predicted octanol–water partition coefficient (Wildman–Crippen LogP) is 2.22. The minimum Gasteiger partial charge on any atom is -0.395 e. The number of nitrogens with two attached hydrogens (primary N) is 1. The quantitative estimate of drug-likeness (QED) is 0.756. The van der Waals surface area contributed by atoms with Crippen LogP contribution >= 0.6 is 0 Å². The zero-order valence-electron chi connectivity index (χ0n) is 10.4. The number of halogens is 3. The number of nitrogens with one attached hydrogen (secondary N) is 2. The van der Waals surface area contributed by atoms with E-state index in [1.54, 1.807) is 6.92 Å². The number of hydrogen-bond acceptors (Lipinski definition) is 3. The number of aryl methyl sites for hydroxylation is 1. The number of rotatable bonds is 3. The van der Waals surface area contributed by atoms with Gasteiger partial charge >= 0.3 is 0 Å². The highest BCUT2D eigenvalue weighted by Gasteiger charge is 2.20. The van der Waals surface area contributed by atoms with Crippen LogP contribution in [-0.2, 0) is 6.42 Å². The Kier molecular flexibility index (Phi) is 3.64. The van der Waals surface area contributed by atoms with Crippen LogP contribution in [0.3, 0.4) is 0 Å². The van der Waals surface area contributed by atoms with E-state index in [-0.39, 0.29) is 11.4 Å². The highest BCUT2D eigenvalue weighted by Crippen LogP contribution is 2.21. The molecule has 1 aromatic heterocycles. The third-order valence-corrected chi connectivity index (χ3v) is 2.73. The first-order valence-corrected chi connectivity index (χ1v) is 5.73. The number of benzene rings is 1. The van der Waals surface area contributed by atoms with Gasteiger partial charge < -0.3 is 11.1 Å². The normalized spacial score (nSPS) is 10.6. The van der Waals surface area contributed by atoms with Crippen LogP contribution in [0.5, 0.6) is 0 Å². The molecule has 0 saturated heterocycles. The molecule has 0 bridgehead atoms. The fraction of sp³-hybridized carbons (Fsp3) is 0.167. The van der Waals surface area contributed by atoms with Crippen LogP contribution in [0.1, 0.15) is 23.1 Å². The average Bonchev–Trinajstić information content (AvgIpc) is 2.80. The maximum Gasteiger partial charge on any atom is 0.278 e. The van der Waals surface area contributed by atoms with Crippen LogP contribution in [-0.4, -0.2) is 16.1 Å². The van der Waals surface area contributed by atoms with Gasteiger partial charge in [0.1, 0.15) is 0 Å². The first-order valence-electron chi connectivity index (χ1n) is 5.73. The number of carbonyl (C=O) groups excluding carboxylic acids is 1. The second kappa shape index (κ2) is 5.24. The van der Waals surface area contributed by atoms with Gasteiger partial charge in [0.15, 0.2) is 23.1 Å². The fourth-order valence-electron chi connectivity index (χ4n) is 1.63. The highest BCUT2D eigenvalue weighted by molar-refractivity contribution is 6.06. The Bertz CT molecular complexity index is 669. The monoisotopic (exact) mass is 284 g/mol. The molecule has 5 nitrogen and oxygen atoms in total. The maximum atomic E-state index is 13.4. The second-order valence-electron chi connectivity index (χ2n) is 4.00. The van der Waals surface area contributed by atoms with Crippen molar-refractivity contribution in [3.8, 4) is 0 Å². The van der Waals surface area contributed by atoms with Gasteiger partial charge in [0.2, 0.25) is 0 Å². The Labute approximate surface area is 112 Å². The van der Waals surface area contributed by atoms with E-state index in [0.29, 0.717) is 18.2 Å². The van der Waals surface area contributed by atoms with Crippen molar-refractivity contribution < 1.29 is 18.0 Å². The summed E-state index contributed by atoms with van der Waals surface area (Å²) in [6.45, 7) is 1.81. The van der Waals surface area contributed by atoms with Crippen molar-refractivity contribution in [2.24, 2.45) is 0 Å². The lowest BCUT2D eigenvalue weighted by atomic mass is 10.2. The molecule has 2 rings (SSSR count). The average molecular weight is 284 g/mol. The molecule has 1 heterocycles. The zero-order chi connectivity index (χ0) is 14.9. The number of hydrogen-bond donors (Lipinski definition) is 3. The summed E-state index contributed by atoms with van der Waals surface area (Å²) in [6.07, 6.45) is 0.533. The Morgan fingerprint density at radius 2 is 2.05 bits per heavy atom. The van der Waals surface area contributed by atoms with Crippen molar-refractivity contribution >= 4 is 17.3 Å². The van der Waals surface area contributed by atoms with Crippen molar-refractivity contribution in [3.63, 3.8) is 0 Å². The largest absolute Gasteiger partial charge is 0.395 e. The Morgan fingerprint density at radius 3 is 2.65 bits per heavy atom. The molecule has 0 saturated carbocycles. The van der Waals surface area contributed by atoms with E-state index in [4.69, 9.17) is 5.73 Å². The summed E-state index contributed by atoms with van der Waals surface area (Å²) in [5.41, 5.74) is 5.74. The van der Waals surface area contributed by atoms with Crippen molar-refractivity contribution in [2.45, 2.75) is 13.3 Å². The lowest BCUT2D eigenvalue weighted by molar-refractivity contribution is 0.102. The van der Waals surface area contributed by atoms with E-state index in [0.717, 1.165) is 6.07 Å². The number of aromatic amines is 1. The van der Waals surface area contributed by atoms with Gasteiger partial charge in [0.05, 0.1) is 17.1 Å². The minimum atomic E-state index is -1.66. The standard InChI is InChI=1S/C12H11F3N4O/c1-2-6-10(16)11(19-18-6)12(20)17-7-4-3-5(13)8(14)9(7)15/h3-4H,2,16H2,1H3,(H,17,20)(H,18,19). The van der Waals surface area contributed by atoms with Crippen LogP contribution in [0.25, 0.3) is 0 Å². The van der Waals surface area contributed by atoms with Crippen molar-refractivity contribution in [1.82, 2.24) is 10.2 Å². The molecule has 1 aromatic carbocycles. The number of aromatic nitrogens is 2. The summed E-state index contributed by atoms with van der Waals surface area (Å²) in [7, 11) is 0. The third-order valence-electron chi connectivity index (χ3n) is 2.73. The summed E-state index contributed by atoms with van der Waals surface area (Å²) < 4.78 is 39.2. The van der Waals surface area contributed by atoms with E-state index in [1.165, 1.54) is 0 Å². The van der Waals surface area contributed by atoms with Gasteiger partial charge in [-0.05, 0) is 18.6 Å². The maximum absolute atomic E-state index is 13.4. The molecular formula is C12H11F3N4O. The van der Waals surface area contributed by atoms with E-state index >= 15 is 0 Å². The first-order chi connectivity index (χ1) is 9.45. The van der Waals surface area contributed by atoms with Crippen molar-refractivity contribution in [1.29, 1.82) is 0 Å². The van der Waals surface area contributed by atoms with Gasteiger partial charge in [0, 0.05) is 0 Å². The number of carbonyl (C=O) groups is 1. The fourth-order valence-corrected chi connectivity index (χ4v) is 1.63. The highest BCUT2D eigenvalue weighted by atomic mass is 19.2. The number of nitrogens with zero attached hydrogens (tertiary/aromatic N) is 1. The van der Waals surface area contributed by atoms with E-state index in [2.05, 4.69) is 15.5 Å². The summed E-state index contributed by atoms with van der Waals surface area (Å²) in [6, 6.07) is 1.62. The van der Waals surface area contributed by atoms with E-state index < -0.39 is 29.0 Å². The SMILES string of the molecule is CCc1[nH]nc(C(=O)Nc2ccc(F)c(F)c2F)c1N. The summed E-state index contributed by atoms with van der Waals surface area (Å²) in [5, 5.41) is 8.35. The number of amides is 1. The lowest BCUT2D eigenvalue weighted by Crippen LogP contribution is -2.16. The molecule has 0 aliphatic heterocycles. The second-order valence-corrected chi connectivity index (χ2v) is 4.00. The summed E-state index contributed by atoms with van der Waals surface area (Å²) in [4.78, 5) is 11.9. The minimum absolute atomic E-state index is 0.132. The lowest BCUT2D eigenvalue weighted by Gasteiger charge is -2.06. The van der Waals surface area contributed by atoms with E-state index in [9.17, 15) is 18.0 Å². The molecule has 20 heavy (non-hydrogen) atoms. The van der Waals surface area contributed by atoms with Crippen molar-refractivity contribution in [3.05, 3.63) is 41.0 Å². The van der Waals surface area contributed by atoms with Gasteiger partial charge in [-0.15, -0.1) is 0 Å². The Morgan fingerprint density at radius 1 is 1.35 bits per heavy atom. The van der Waals surface area contributed by atoms with Gasteiger partial charge in [-0.3, -0.25) is 9.89 Å². The molecule has 0 atom stereocenters. The number of H-pyrrole nitrogens is 1. The molecule has 0 aliphatic carbocycles. The number of nitrogen functional groups attached to an aromatic ring is 1. The zero-order valence-corrected chi connectivity index (χ0v) is 10.4. The third kappa shape index (κ3) is 2.31. The molecule has 0 unspecified atom stereocenters. The van der Waals surface area contributed by atoms with Gasteiger partial charge in [-0.25, -0.2) is 13.2 Å². The Hall–Kier alpha value is -2.51. The van der Waals surface area contributed by atoms with Crippen LogP contribution in [0.2, 0.25) is 0 Å². The smallest absolute Gasteiger partial charge is 0.278 e. The van der Waals surface area contributed by atoms with Gasteiger partial charge in [0.25, 0.3) is 5.91 Å². The molecule has 106 valence electrons. The molecule has 0 spiro atoms. The molecule has 0 aliphatic rings.